The predicted molar refractivity (Wildman–Crippen MR) is 62.3 cm³/mol. The first-order chi connectivity index (χ1) is 8.57. The molecule has 6 heteroatoms. The summed E-state index contributed by atoms with van der Waals surface area (Å²) in [5, 5.41) is 3.21. The molecule has 3 rings (SSSR count). The highest BCUT2D eigenvalue weighted by Crippen LogP contribution is 2.43. The second kappa shape index (κ2) is 3.98. The summed E-state index contributed by atoms with van der Waals surface area (Å²) >= 11 is 0. The van der Waals surface area contributed by atoms with Crippen LogP contribution in [0.2, 0.25) is 0 Å². The Hall–Kier alpha value is -1.56. The molecular formula is C12H14F2N2O2. The standard InChI is InChI=1S/C12H14F2N2O2/c1-15-8-4-5-16(7-8)9-2-3-10-11(6-9)18-12(13,14)17-10/h2-3,6,8,15H,4-5,7H2,1H3. The average Bonchev–Trinajstić information content (AvgIpc) is 2.89. The molecule has 4 nitrogen and oxygen atoms in total. The number of fused-ring (bicyclic) bond motifs is 1. The number of hydrogen-bond acceptors (Lipinski definition) is 4. The first-order valence-electron chi connectivity index (χ1n) is 5.89. The normalized spacial score (nSPS) is 24.6. The van der Waals surface area contributed by atoms with Gasteiger partial charge in [0.1, 0.15) is 0 Å². The molecule has 0 radical (unpaired) electrons. The van der Waals surface area contributed by atoms with E-state index in [2.05, 4.69) is 19.7 Å². The summed E-state index contributed by atoms with van der Waals surface area (Å²) in [5.41, 5.74) is 0.882. The number of nitrogens with zero attached hydrogens (tertiary/aromatic N) is 1. The molecule has 98 valence electrons. The summed E-state index contributed by atoms with van der Waals surface area (Å²) in [7, 11) is 1.92. The van der Waals surface area contributed by atoms with Crippen molar-refractivity contribution in [1.29, 1.82) is 0 Å². The Bertz CT molecular complexity index is 467. The molecule has 2 heterocycles. The molecule has 1 aromatic carbocycles. The molecule has 1 unspecified atom stereocenters. The fourth-order valence-corrected chi connectivity index (χ4v) is 2.36. The number of alkyl halides is 2. The van der Waals surface area contributed by atoms with Crippen molar-refractivity contribution in [3.8, 4) is 11.5 Å². The van der Waals surface area contributed by atoms with Crippen LogP contribution in [0.25, 0.3) is 0 Å². The summed E-state index contributed by atoms with van der Waals surface area (Å²) in [4.78, 5) is 2.14. The molecule has 1 aromatic rings. The van der Waals surface area contributed by atoms with Gasteiger partial charge in [-0.2, -0.15) is 0 Å². The maximum Gasteiger partial charge on any atom is 0.586 e. The van der Waals surface area contributed by atoms with Crippen LogP contribution in [0.3, 0.4) is 0 Å². The SMILES string of the molecule is CNC1CCN(c2ccc3c(c2)OC(F)(F)O3)C1. The van der Waals surface area contributed by atoms with Crippen LogP contribution < -0.4 is 19.7 Å². The highest BCUT2D eigenvalue weighted by Gasteiger charge is 2.43. The van der Waals surface area contributed by atoms with E-state index in [1.807, 2.05) is 7.05 Å². The lowest BCUT2D eigenvalue weighted by molar-refractivity contribution is -0.286. The fourth-order valence-electron chi connectivity index (χ4n) is 2.36. The molecule has 0 bridgehead atoms. The zero-order chi connectivity index (χ0) is 12.8. The van der Waals surface area contributed by atoms with Crippen LogP contribution in [0, 0.1) is 0 Å². The monoisotopic (exact) mass is 256 g/mol. The van der Waals surface area contributed by atoms with Crippen LogP contribution in [0.15, 0.2) is 18.2 Å². The first kappa shape index (κ1) is 11.5. The summed E-state index contributed by atoms with van der Waals surface area (Å²) in [5.74, 6) is 0.193. The summed E-state index contributed by atoms with van der Waals surface area (Å²) in [6, 6.07) is 5.35. The van der Waals surface area contributed by atoms with Crippen LogP contribution in [0.4, 0.5) is 14.5 Å². The number of anilines is 1. The molecule has 1 fully saturated rings. The van der Waals surface area contributed by atoms with E-state index in [-0.39, 0.29) is 11.5 Å². The van der Waals surface area contributed by atoms with E-state index in [1.165, 1.54) is 6.07 Å². The van der Waals surface area contributed by atoms with Gasteiger partial charge >= 0.3 is 6.29 Å². The lowest BCUT2D eigenvalue weighted by Crippen LogP contribution is -2.29. The molecule has 2 aliphatic rings. The van der Waals surface area contributed by atoms with Gasteiger partial charge in [-0.05, 0) is 25.6 Å². The predicted octanol–water partition coefficient (Wildman–Crippen LogP) is 1.81. The second-order valence-corrected chi connectivity index (χ2v) is 4.52. The number of hydrogen-bond donors (Lipinski definition) is 1. The van der Waals surface area contributed by atoms with Crippen molar-refractivity contribution in [1.82, 2.24) is 5.32 Å². The molecule has 18 heavy (non-hydrogen) atoms. The quantitative estimate of drug-likeness (QED) is 0.875. The fraction of sp³-hybridized carbons (Fsp3) is 0.500. The largest absolute Gasteiger partial charge is 0.586 e. The highest BCUT2D eigenvalue weighted by atomic mass is 19.3. The number of halogens is 2. The Morgan fingerprint density at radius 3 is 2.83 bits per heavy atom. The van der Waals surface area contributed by atoms with Gasteiger partial charge in [0.15, 0.2) is 11.5 Å². The van der Waals surface area contributed by atoms with Gasteiger partial charge in [0.05, 0.1) is 0 Å². The van der Waals surface area contributed by atoms with E-state index in [1.54, 1.807) is 12.1 Å². The van der Waals surface area contributed by atoms with Crippen molar-refractivity contribution < 1.29 is 18.3 Å². The van der Waals surface area contributed by atoms with Crippen molar-refractivity contribution >= 4 is 5.69 Å². The first-order valence-corrected chi connectivity index (χ1v) is 5.89. The molecule has 1 saturated heterocycles. The van der Waals surface area contributed by atoms with Crippen molar-refractivity contribution in [2.45, 2.75) is 18.8 Å². The minimum absolute atomic E-state index is 0.0908. The minimum atomic E-state index is -3.54. The molecule has 0 spiro atoms. The third-order valence-corrected chi connectivity index (χ3v) is 3.35. The van der Waals surface area contributed by atoms with Gasteiger partial charge in [-0.3, -0.25) is 0 Å². The summed E-state index contributed by atoms with van der Waals surface area (Å²) in [6.07, 6.45) is -2.50. The Labute approximate surface area is 103 Å². The maximum absolute atomic E-state index is 12.9. The molecule has 1 N–H and O–H groups in total. The zero-order valence-corrected chi connectivity index (χ0v) is 9.95. The molecule has 2 aliphatic heterocycles. The van der Waals surface area contributed by atoms with Gasteiger partial charge in [-0.15, -0.1) is 8.78 Å². The lowest BCUT2D eigenvalue weighted by atomic mass is 10.2. The number of ether oxygens (including phenoxy) is 2. The molecular weight excluding hydrogens is 242 g/mol. The van der Waals surface area contributed by atoms with E-state index in [4.69, 9.17) is 0 Å². The number of benzene rings is 1. The van der Waals surface area contributed by atoms with Gasteiger partial charge in [-0.1, -0.05) is 0 Å². The van der Waals surface area contributed by atoms with E-state index in [9.17, 15) is 8.78 Å². The van der Waals surface area contributed by atoms with E-state index < -0.39 is 6.29 Å². The number of nitrogens with one attached hydrogen (secondary N) is 1. The molecule has 0 amide bonds. The van der Waals surface area contributed by atoms with Gasteiger partial charge in [0.2, 0.25) is 0 Å². The molecule has 1 atom stereocenters. The van der Waals surface area contributed by atoms with Crippen LogP contribution in [-0.4, -0.2) is 32.5 Å². The Morgan fingerprint density at radius 1 is 1.33 bits per heavy atom. The number of rotatable bonds is 2. The average molecular weight is 256 g/mol. The van der Waals surface area contributed by atoms with Crippen LogP contribution in [-0.2, 0) is 0 Å². The third-order valence-electron chi connectivity index (χ3n) is 3.35. The van der Waals surface area contributed by atoms with Crippen LogP contribution >= 0.6 is 0 Å². The van der Waals surface area contributed by atoms with Crippen LogP contribution in [0.1, 0.15) is 6.42 Å². The smallest absolute Gasteiger partial charge is 0.395 e. The Balaban J connectivity index is 1.80. The molecule has 0 aromatic heterocycles. The zero-order valence-electron chi connectivity index (χ0n) is 9.95. The van der Waals surface area contributed by atoms with Crippen LogP contribution in [0.5, 0.6) is 11.5 Å². The Morgan fingerprint density at radius 2 is 2.11 bits per heavy atom. The van der Waals surface area contributed by atoms with E-state index >= 15 is 0 Å². The maximum atomic E-state index is 12.9. The van der Waals surface area contributed by atoms with Gasteiger partial charge in [-0.25, -0.2) is 0 Å². The van der Waals surface area contributed by atoms with Gasteiger partial charge in [0.25, 0.3) is 0 Å². The van der Waals surface area contributed by atoms with Crippen molar-refractivity contribution in [3.63, 3.8) is 0 Å². The number of likely N-dealkylation sites (N-methyl/N-ethyl adjacent to an activating group) is 1. The molecule has 0 aliphatic carbocycles. The highest BCUT2D eigenvalue weighted by molar-refractivity contribution is 5.58. The molecule has 0 saturated carbocycles. The van der Waals surface area contributed by atoms with Gasteiger partial charge < -0.3 is 19.7 Å². The summed E-state index contributed by atoms with van der Waals surface area (Å²) < 4.78 is 34.6. The minimum Gasteiger partial charge on any atom is -0.395 e. The third kappa shape index (κ3) is 1.96. The van der Waals surface area contributed by atoms with Gasteiger partial charge in [0, 0.05) is 30.9 Å². The summed E-state index contributed by atoms with van der Waals surface area (Å²) in [6.45, 7) is 1.77. The topological polar surface area (TPSA) is 33.7 Å². The second-order valence-electron chi connectivity index (χ2n) is 4.52. The van der Waals surface area contributed by atoms with E-state index in [0.29, 0.717) is 6.04 Å². The van der Waals surface area contributed by atoms with Crippen molar-refractivity contribution in [2.24, 2.45) is 0 Å². The van der Waals surface area contributed by atoms with Crippen molar-refractivity contribution in [2.75, 3.05) is 25.0 Å². The lowest BCUT2D eigenvalue weighted by Gasteiger charge is -2.18. The van der Waals surface area contributed by atoms with E-state index in [0.717, 1.165) is 25.2 Å². The Kier molecular flexibility index (Phi) is 2.55. The van der Waals surface area contributed by atoms with Crippen molar-refractivity contribution in [3.05, 3.63) is 18.2 Å².